The van der Waals surface area contributed by atoms with E-state index in [-0.39, 0.29) is 23.6 Å². The predicted molar refractivity (Wildman–Crippen MR) is 78.4 cm³/mol. The summed E-state index contributed by atoms with van der Waals surface area (Å²) in [5.41, 5.74) is 1.10. The zero-order chi connectivity index (χ0) is 15.3. The number of hydrogen-bond acceptors (Lipinski definition) is 5. The lowest BCUT2D eigenvalue weighted by molar-refractivity contribution is -0.243. The molecule has 3 atom stereocenters. The van der Waals surface area contributed by atoms with Gasteiger partial charge >= 0.3 is 5.97 Å². The predicted octanol–water partition coefficient (Wildman–Crippen LogP) is 2.09. The maximum Gasteiger partial charge on any atom is 0.339 e. The zero-order valence-corrected chi connectivity index (χ0v) is 12.7. The summed E-state index contributed by atoms with van der Waals surface area (Å²) in [7, 11) is 0. The van der Waals surface area contributed by atoms with Crippen LogP contribution in [0.4, 0.5) is 0 Å². The number of hydrogen-bond donors (Lipinski definition) is 0. The van der Waals surface area contributed by atoms with E-state index < -0.39 is 0 Å². The molecular weight excluding hydrogens is 282 g/mol. The summed E-state index contributed by atoms with van der Waals surface area (Å²) in [6.45, 7) is 5.04. The van der Waals surface area contributed by atoms with Crippen LogP contribution in [0.15, 0.2) is 24.7 Å². The fourth-order valence-corrected chi connectivity index (χ4v) is 3.85. The van der Waals surface area contributed by atoms with Crippen molar-refractivity contribution in [2.24, 2.45) is 11.3 Å². The minimum atomic E-state index is -0.294. The molecule has 0 unspecified atom stereocenters. The van der Waals surface area contributed by atoms with Crippen molar-refractivity contribution in [2.45, 2.75) is 38.9 Å². The number of rotatable bonds is 2. The number of fused-ring (bicyclic) bond motifs is 2. The molecule has 6 nitrogen and oxygen atoms in total. The number of aromatic nitrogens is 3. The van der Waals surface area contributed by atoms with E-state index in [1.54, 1.807) is 29.1 Å². The highest BCUT2D eigenvalue weighted by atomic mass is 16.6. The number of pyridine rings is 1. The molecule has 0 radical (unpaired) electrons. The Morgan fingerprint density at radius 2 is 2.32 bits per heavy atom. The second kappa shape index (κ2) is 4.78. The highest BCUT2D eigenvalue weighted by molar-refractivity contribution is 5.89. The molecule has 116 valence electrons. The van der Waals surface area contributed by atoms with Crippen molar-refractivity contribution in [3.63, 3.8) is 0 Å². The summed E-state index contributed by atoms with van der Waals surface area (Å²) >= 11 is 0. The molecule has 22 heavy (non-hydrogen) atoms. The zero-order valence-electron chi connectivity index (χ0n) is 12.7. The van der Waals surface area contributed by atoms with E-state index in [2.05, 4.69) is 24.0 Å². The van der Waals surface area contributed by atoms with Gasteiger partial charge in [0.25, 0.3) is 0 Å². The van der Waals surface area contributed by atoms with E-state index in [1.165, 1.54) is 0 Å². The first-order valence-corrected chi connectivity index (χ1v) is 7.69. The van der Waals surface area contributed by atoms with Crippen molar-refractivity contribution in [3.05, 3.63) is 30.2 Å². The van der Waals surface area contributed by atoms with Crippen LogP contribution in [0.2, 0.25) is 0 Å². The third-order valence-electron chi connectivity index (χ3n) is 4.98. The lowest BCUT2D eigenvalue weighted by Gasteiger charge is -2.58. The first kappa shape index (κ1) is 13.7. The Balaban J connectivity index is 1.53. The molecule has 2 fully saturated rings. The Morgan fingerprint density at radius 1 is 1.45 bits per heavy atom. The number of nitrogens with zero attached hydrogens (tertiary/aromatic N) is 3. The Labute approximate surface area is 128 Å². The van der Waals surface area contributed by atoms with Crippen molar-refractivity contribution in [1.29, 1.82) is 0 Å². The maximum atomic E-state index is 12.5. The Morgan fingerprint density at radius 3 is 3.18 bits per heavy atom. The molecule has 3 heterocycles. The first-order valence-electron chi connectivity index (χ1n) is 7.69. The molecule has 2 aromatic rings. The van der Waals surface area contributed by atoms with Crippen LogP contribution in [-0.4, -0.2) is 39.4 Å². The van der Waals surface area contributed by atoms with Gasteiger partial charge in [-0.1, -0.05) is 13.8 Å². The van der Waals surface area contributed by atoms with Crippen molar-refractivity contribution in [3.8, 4) is 0 Å². The highest BCUT2D eigenvalue weighted by Gasteiger charge is 2.60. The van der Waals surface area contributed by atoms with E-state index in [0.717, 1.165) is 19.4 Å². The normalized spacial score (nSPS) is 29.6. The van der Waals surface area contributed by atoms with Gasteiger partial charge in [0.1, 0.15) is 12.4 Å². The summed E-state index contributed by atoms with van der Waals surface area (Å²) < 4.78 is 13.4. The summed E-state index contributed by atoms with van der Waals surface area (Å²) in [5, 5.41) is 7.74. The smallest absolute Gasteiger partial charge is 0.339 e. The molecular formula is C16H19N3O3. The van der Waals surface area contributed by atoms with Gasteiger partial charge in [-0.15, -0.1) is 10.2 Å². The maximum absolute atomic E-state index is 12.5. The van der Waals surface area contributed by atoms with Crippen LogP contribution in [0.1, 0.15) is 37.0 Å². The largest absolute Gasteiger partial charge is 0.458 e. The molecule has 1 aliphatic heterocycles. The van der Waals surface area contributed by atoms with Gasteiger partial charge < -0.3 is 9.47 Å². The van der Waals surface area contributed by atoms with E-state index >= 15 is 0 Å². The molecule has 0 spiro atoms. The van der Waals surface area contributed by atoms with Gasteiger partial charge in [-0.2, -0.15) is 0 Å². The molecule has 2 aliphatic rings. The van der Waals surface area contributed by atoms with Crippen LogP contribution in [-0.2, 0) is 9.47 Å². The van der Waals surface area contributed by atoms with Crippen LogP contribution < -0.4 is 0 Å². The van der Waals surface area contributed by atoms with Crippen LogP contribution >= 0.6 is 0 Å². The Hall–Kier alpha value is -1.95. The van der Waals surface area contributed by atoms with E-state index in [1.807, 2.05) is 0 Å². The van der Waals surface area contributed by atoms with E-state index in [4.69, 9.17) is 9.47 Å². The van der Waals surface area contributed by atoms with Crippen molar-refractivity contribution < 1.29 is 14.3 Å². The molecule has 0 amide bonds. The van der Waals surface area contributed by atoms with Gasteiger partial charge in [0.2, 0.25) is 0 Å². The van der Waals surface area contributed by atoms with Gasteiger partial charge in [-0.3, -0.25) is 4.40 Å². The van der Waals surface area contributed by atoms with Gasteiger partial charge in [0.15, 0.2) is 5.65 Å². The van der Waals surface area contributed by atoms with Crippen molar-refractivity contribution in [1.82, 2.24) is 14.6 Å². The summed E-state index contributed by atoms with van der Waals surface area (Å²) in [5.74, 6) is 0.0315. The lowest BCUT2D eigenvalue weighted by atomic mass is 9.57. The van der Waals surface area contributed by atoms with Crippen LogP contribution in [0.3, 0.4) is 0 Å². The number of ether oxygens (including phenoxy) is 2. The number of esters is 1. The van der Waals surface area contributed by atoms with Gasteiger partial charge in [0.05, 0.1) is 11.7 Å². The lowest BCUT2D eigenvalue weighted by Crippen LogP contribution is -2.65. The average molecular weight is 301 g/mol. The van der Waals surface area contributed by atoms with Crippen LogP contribution in [0.25, 0.3) is 5.65 Å². The van der Waals surface area contributed by atoms with Crippen molar-refractivity contribution >= 4 is 11.6 Å². The monoisotopic (exact) mass is 301 g/mol. The fourth-order valence-electron chi connectivity index (χ4n) is 3.85. The summed E-state index contributed by atoms with van der Waals surface area (Å²) in [4.78, 5) is 12.5. The van der Waals surface area contributed by atoms with Crippen molar-refractivity contribution in [2.75, 3.05) is 6.61 Å². The van der Waals surface area contributed by atoms with Crippen LogP contribution in [0, 0.1) is 11.3 Å². The molecule has 2 aromatic heterocycles. The van der Waals surface area contributed by atoms with E-state index in [9.17, 15) is 4.79 Å². The quantitative estimate of drug-likeness (QED) is 0.795. The fraction of sp³-hybridized carbons (Fsp3) is 0.562. The molecule has 1 aliphatic carbocycles. The average Bonchev–Trinajstić information content (AvgIpc) is 3.00. The Bertz CT molecular complexity index is 724. The van der Waals surface area contributed by atoms with Gasteiger partial charge in [-0.05, 0) is 25.0 Å². The molecule has 0 bridgehead atoms. The Kier molecular flexibility index (Phi) is 2.97. The second-order valence-corrected chi connectivity index (χ2v) is 6.76. The van der Waals surface area contributed by atoms with Gasteiger partial charge in [-0.25, -0.2) is 4.79 Å². The molecule has 1 saturated heterocycles. The highest BCUT2D eigenvalue weighted by Crippen LogP contribution is 2.53. The third kappa shape index (κ3) is 1.94. The van der Waals surface area contributed by atoms with E-state index in [0.29, 0.717) is 17.1 Å². The molecule has 4 rings (SSSR count). The summed E-state index contributed by atoms with van der Waals surface area (Å²) in [6, 6.07) is 3.49. The third-order valence-corrected chi connectivity index (χ3v) is 4.98. The second-order valence-electron chi connectivity index (χ2n) is 6.76. The molecule has 0 aromatic carbocycles. The van der Waals surface area contributed by atoms with Gasteiger partial charge in [0, 0.05) is 24.1 Å². The minimum Gasteiger partial charge on any atom is -0.458 e. The molecule has 6 heteroatoms. The standard InChI is InChI=1S/C16H19N3O3/c1-16(2)13-11(4-3-7-21-13)14(16)22-15(20)10-5-6-12-18-17-9-19(12)8-10/h5-6,8-9,11,13-14H,3-4,7H2,1-2H3/t11-,13-,14-/m1/s1. The number of carbonyl (C=O) groups is 1. The summed E-state index contributed by atoms with van der Waals surface area (Å²) in [6.07, 6.45) is 5.51. The minimum absolute atomic E-state index is 0.0816. The first-order chi connectivity index (χ1) is 10.6. The topological polar surface area (TPSA) is 65.7 Å². The van der Waals surface area contributed by atoms with Crippen LogP contribution in [0.5, 0.6) is 0 Å². The SMILES string of the molecule is CC1(C)[C@@H]2OCCC[C@H]2[C@H]1OC(=O)c1ccc2nncn2c1. The molecule has 1 saturated carbocycles. The number of carbonyl (C=O) groups excluding carboxylic acids is 1. The molecule has 0 N–H and O–H groups in total.